The van der Waals surface area contributed by atoms with Crippen molar-refractivity contribution in [2.75, 3.05) is 32.5 Å². The van der Waals surface area contributed by atoms with E-state index in [1.807, 2.05) is 6.92 Å². The van der Waals surface area contributed by atoms with Gasteiger partial charge in [0.05, 0.1) is 19.3 Å². The first-order valence-corrected chi connectivity index (χ1v) is 16.1. The molecule has 1 saturated heterocycles. The largest absolute Gasteiger partial charge is 0.472 e. The Kier molecular flexibility index (Phi) is 14.8. The number of amides is 1. The first-order valence-electron chi connectivity index (χ1n) is 13.4. The van der Waals surface area contributed by atoms with Crippen molar-refractivity contribution in [3.63, 3.8) is 0 Å². The molecule has 6 atom stereocenters. The van der Waals surface area contributed by atoms with Crippen molar-refractivity contribution < 1.29 is 38.3 Å². The summed E-state index contributed by atoms with van der Waals surface area (Å²) in [7, 11) is -4.61. The van der Waals surface area contributed by atoms with Gasteiger partial charge in [-0.2, -0.15) is 0 Å². The number of hydrogen-bond donors (Lipinski definition) is 4. The Balaban J connectivity index is 0.000000708. The summed E-state index contributed by atoms with van der Waals surface area (Å²) in [5.74, 6) is -0.510. The minimum absolute atomic E-state index is 0.172. The Bertz CT molecular complexity index is 1050. The number of phosphoric ester groups is 1. The number of aliphatic hydroxyl groups excluding tert-OH is 2. The molecule has 0 aliphatic carbocycles. The Morgan fingerprint density at radius 3 is 2.17 bits per heavy atom. The highest BCUT2D eigenvalue weighted by molar-refractivity contribution is 7.99. The number of ether oxygens (including phenoxy) is 1. The maximum absolute atomic E-state index is 12.8. The average Bonchev–Trinajstić information content (AvgIpc) is 2.96. The third-order valence-corrected chi connectivity index (χ3v) is 8.35. The smallest absolute Gasteiger partial charge is 0.394 e. The zero-order chi connectivity index (χ0) is 29.7. The minimum atomic E-state index is -4.61. The van der Waals surface area contributed by atoms with E-state index in [0.29, 0.717) is 11.1 Å². The van der Waals surface area contributed by atoms with E-state index in [4.69, 9.17) is 13.8 Å². The third kappa shape index (κ3) is 10.6. The lowest BCUT2D eigenvalue weighted by Gasteiger charge is -2.44. The molecule has 1 unspecified atom stereocenters. The number of aryl methyl sites for hydroxylation is 1. The molecule has 1 aliphatic rings. The number of benzene rings is 2. The predicted molar refractivity (Wildman–Crippen MR) is 157 cm³/mol. The summed E-state index contributed by atoms with van der Waals surface area (Å²) in [5, 5.41) is 23.1. The minimum Gasteiger partial charge on any atom is -0.394 e. The normalized spacial score (nSPS) is 24.1. The lowest BCUT2D eigenvalue weighted by molar-refractivity contribution is -0.162. The number of rotatable bonds is 12. The van der Waals surface area contributed by atoms with Gasteiger partial charge in [0.1, 0.15) is 23.7 Å². The second kappa shape index (κ2) is 17.2. The summed E-state index contributed by atoms with van der Waals surface area (Å²) in [6, 6.07) is 14.4. The maximum atomic E-state index is 12.8. The van der Waals surface area contributed by atoms with Gasteiger partial charge in [-0.15, -0.1) is 11.8 Å². The van der Waals surface area contributed by atoms with Gasteiger partial charge in [0.25, 0.3) is 5.91 Å². The SMILES string of the molecule is CCN(CC)CC.CS[C@@H]1O[C@H](CO)[C@H](O)[C@H](NC(=O)c2ccc(C)cc2)[C@H]1OP(=O)(O)OCc1ccccc1. The quantitative estimate of drug-likeness (QED) is 0.268. The van der Waals surface area contributed by atoms with Crippen molar-refractivity contribution in [2.45, 2.75) is 64.1 Å². The number of nitrogens with zero attached hydrogens (tertiary/aromatic N) is 1. The van der Waals surface area contributed by atoms with Crippen molar-refractivity contribution >= 4 is 25.5 Å². The van der Waals surface area contributed by atoms with Crippen molar-refractivity contribution in [3.05, 3.63) is 71.3 Å². The van der Waals surface area contributed by atoms with E-state index >= 15 is 0 Å². The maximum Gasteiger partial charge on any atom is 0.472 e. The van der Waals surface area contributed by atoms with Crippen LogP contribution in [0.2, 0.25) is 0 Å². The highest BCUT2D eigenvalue weighted by Crippen LogP contribution is 2.48. The Morgan fingerprint density at radius 2 is 1.68 bits per heavy atom. The third-order valence-electron chi connectivity index (χ3n) is 6.54. The van der Waals surface area contributed by atoms with Crippen LogP contribution in [0.5, 0.6) is 0 Å². The Morgan fingerprint density at radius 1 is 1.07 bits per heavy atom. The van der Waals surface area contributed by atoms with E-state index in [-0.39, 0.29) is 6.61 Å². The number of hydrogen-bond acceptors (Lipinski definition) is 9. The van der Waals surface area contributed by atoms with Crippen LogP contribution < -0.4 is 5.32 Å². The van der Waals surface area contributed by atoms with Crippen LogP contribution in [-0.2, 0) is 25.0 Å². The summed E-state index contributed by atoms with van der Waals surface area (Å²) in [6.45, 7) is 11.3. The first kappa shape index (κ1) is 34.4. The van der Waals surface area contributed by atoms with Crippen LogP contribution in [0.3, 0.4) is 0 Å². The summed E-state index contributed by atoms with van der Waals surface area (Å²) < 4.78 is 28.9. The molecule has 1 fully saturated rings. The fourth-order valence-corrected chi connectivity index (χ4v) is 5.83. The number of aliphatic hydroxyl groups is 2. The number of nitrogens with one attached hydrogen (secondary N) is 1. The summed E-state index contributed by atoms with van der Waals surface area (Å²) in [4.78, 5) is 25.6. The molecule has 3 rings (SSSR count). The molecular formula is C28H43N2O8PS. The molecule has 0 spiro atoms. The van der Waals surface area contributed by atoms with E-state index in [9.17, 15) is 24.5 Å². The lowest BCUT2D eigenvalue weighted by Crippen LogP contribution is -2.64. The number of carbonyl (C=O) groups is 1. The van der Waals surface area contributed by atoms with Crippen LogP contribution in [0.4, 0.5) is 0 Å². The number of carbonyl (C=O) groups excluding carboxylic acids is 1. The van der Waals surface area contributed by atoms with E-state index < -0.39 is 50.1 Å². The molecule has 224 valence electrons. The van der Waals surface area contributed by atoms with Crippen molar-refractivity contribution in [3.8, 4) is 0 Å². The molecule has 1 heterocycles. The van der Waals surface area contributed by atoms with Gasteiger partial charge in [0.2, 0.25) is 0 Å². The van der Waals surface area contributed by atoms with Gasteiger partial charge in [-0.1, -0.05) is 68.8 Å². The van der Waals surface area contributed by atoms with Crippen LogP contribution in [0.1, 0.15) is 42.3 Å². The van der Waals surface area contributed by atoms with E-state index in [0.717, 1.165) is 17.3 Å². The monoisotopic (exact) mass is 598 g/mol. The number of thioether (sulfide) groups is 1. The highest BCUT2D eigenvalue weighted by Gasteiger charge is 2.49. The molecule has 12 heteroatoms. The second-order valence-corrected chi connectivity index (χ2v) is 11.6. The van der Waals surface area contributed by atoms with Gasteiger partial charge in [0, 0.05) is 5.56 Å². The van der Waals surface area contributed by atoms with Crippen molar-refractivity contribution in [1.29, 1.82) is 0 Å². The molecular weight excluding hydrogens is 555 g/mol. The molecule has 0 aromatic heterocycles. The molecule has 4 N–H and O–H groups in total. The summed E-state index contributed by atoms with van der Waals surface area (Å²) >= 11 is 1.15. The molecule has 2 aromatic rings. The second-order valence-electron chi connectivity index (χ2n) is 9.23. The van der Waals surface area contributed by atoms with Gasteiger partial charge in [-0.05, 0) is 50.5 Å². The predicted octanol–water partition coefficient (Wildman–Crippen LogP) is 3.59. The van der Waals surface area contributed by atoms with E-state index in [1.165, 1.54) is 19.6 Å². The van der Waals surface area contributed by atoms with Gasteiger partial charge < -0.3 is 30.1 Å². The zero-order valence-electron chi connectivity index (χ0n) is 23.8. The van der Waals surface area contributed by atoms with Crippen LogP contribution in [-0.4, -0.2) is 88.2 Å². The van der Waals surface area contributed by atoms with E-state index in [2.05, 4.69) is 31.0 Å². The van der Waals surface area contributed by atoms with Crippen LogP contribution >= 0.6 is 19.6 Å². The van der Waals surface area contributed by atoms with Crippen molar-refractivity contribution in [1.82, 2.24) is 10.2 Å². The summed E-state index contributed by atoms with van der Waals surface area (Å²) in [6.07, 6.45) is -1.97. The van der Waals surface area contributed by atoms with Crippen LogP contribution in [0, 0.1) is 6.92 Å². The number of phosphoric acid groups is 1. The van der Waals surface area contributed by atoms with Gasteiger partial charge >= 0.3 is 7.82 Å². The van der Waals surface area contributed by atoms with Gasteiger partial charge in [-0.25, -0.2) is 4.57 Å². The molecule has 0 bridgehead atoms. The Hall–Kier alpha value is -1.79. The average molecular weight is 599 g/mol. The van der Waals surface area contributed by atoms with Crippen LogP contribution in [0.15, 0.2) is 54.6 Å². The molecule has 0 saturated carbocycles. The topological polar surface area (TPSA) is 138 Å². The highest BCUT2D eigenvalue weighted by atomic mass is 32.2. The molecule has 1 amide bonds. The zero-order valence-corrected chi connectivity index (χ0v) is 25.5. The lowest BCUT2D eigenvalue weighted by atomic mass is 9.96. The molecule has 2 aromatic carbocycles. The fourth-order valence-electron chi connectivity index (χ4n) is 4.07. The summed E-state index contributed by atoms with van der Waals surface area (Å²) in [5.41, 5.74) is 1.11. The van der Waals surface area contributed by atoms with Gasteiger partial charge in [0.15, 0.2) is 0 Å². The standard InChI is InChI=1S/C22H28NO8PS.C6H15N/c1-14-8-10-16(11-9-14)21(26)23-18-19(25)17(12-24)30-22(33-2)20(18)31-32(27,28)29-13-15-6-4-3-5-7-15;1-4-7(5-2)6-3/h3-11,17-20,22,24-25H,12-13H2,1-2H3,(H,23,26)(H,27,28);4-6H2,1-3H3/t17-,18+,19+,20-,22+;/m1./s1. The molecule has 0 radical (unpaired) electrons. The molecule has 1 aliphatic heterocycles. The molecule has 40 heavy (non-hydrogen) atoms. The van der Waals surface area contributed by atoms with Gasteiger partial charge in [-0.3, -0.25) is 13.8 Å². The fraction of sp³-hybridized carbons (Fsp3) is 0.536. The van der Waals surface area contributed by atoms with Crippen molar-refractivity contribution in [2.24, 2.45) is 0 Å². The molecule has 10 nitrogen and oxygen atoms in total. The Labute approximate surface area is 241 Å². The van der Waals surface area contributed by atoms with E-state index in [1.54, 1.807) is 60.9 Å². The first-order chi connectivity index (χ1) is 19.1. The van der Waals surface area contributed by atoms with Crippen LogP contribution in [0.25, 0.3) is 0 Å².